The Morgan fingerprint density at radius 3 is 2.87 bits per heavy atom. The number of benzene rings is 1. The van der Waals surface area contributed by atoms with Crippen LogP contribution in [-0.4, -0.2) is 9.55 Å². The van der Waals surface area contributed by atoms with Crippen LogP contribution in [0.2, 0.25) is 10.0 Å². The lowest BCUT2D eigenvalue weighted by Gasteiger charge is -2.11. The third-order valence-electron chi connectivity index (χ3n) is 4.30. The third kappa shape index (κ3) is 2.69. The van der Waals surface area contributed by atoms with Crippen molar-refractivity contribution in [1.29, 1.82) is 0 Å². The summed E-state index contributed by atoms with van der Waals surface area (Å²) in [4.78, 5) is 19.6. The maximum atomic E-state index is 12.9. The average Bonchev–Trinajstić information content (AvgIpc) is 2.91. The Balaban J connectivity index is 1.82. The van der Waals surface area contributed by atoms with Gasteiger partial charge in [0.25, 0.3) is 5.56 Å². The molecule has 0 N–H and O–H groups in total. The third-order valence-corrected chi connectivity index (χ3v) is 6.08. The Hall–Kier alpha value is -1.36. The van der Waals surface area contributed by atoms with Crippen molar-refractivity contribution in [3.63, 3.8) is 0 Å². The van der Waals surface area contributed by atoms with Crippen molar-refractivity contribution in [3.05, 3.63) is 60.9 Å². The maximum Gasteiger partial charge on any atom is 0.262 e. The molecule has 0 amide bonds. The van der Waals surface area contributed by atoms with E-state index in [0.717, 1.165) is 35.0 Å². The van der Waals surface area contributed by atoms with Gasteiger partial charge in [0.1, 0.15) is 4.83 Å². The van der Waals surface area contributed by atoms with Gasteiger partial charge in [0.15, 0.2) is 0 Å². The van der Waals surface area contributed by atoms with Crippen LogP contribution in [0, 0.1) is 0 Å². The van der Waals surface area contributed by atoms with E-state index < -0.39 is 0 Å². The SMILES string of the molecule is O=c1c2c3c(sc2ncn1Cc1ccc(Cl)cc1Cl)CCCC3. The van der Waals surface area contributed by atoms with Gasteiger partial charge in [0, 0.05) is 14.9 Å². The summed E-state index contributed by atoms with van der Waals surface area (Å²) in [6, 6.07) is 5.33. The number of nitrogens with zero attached hydrogens (tertiary/aromatic N) is 2. The molecule has 0 spiro atoms. The van der Waals surface area contributed by atoms with Gasteiger partial charge in [-0.3, -0.25) is 9.36 Å². The van der Waals surface area contributed by atoms with Crippen LogP contribution in [0.1, 0.15) is 28.8 Å². The number of rotatable bonds is 2. The summed E-state index contributed by atoms with van der Waals surface area (Å²) in [5.74, 6) is 0. The van der Waals surface area contributed by atoms with E-state index in [2.05, 4.69) is 4.98 Å². The number of thiophene rings is 1. The fraction of sp³-hybridized carbons (Fsp3) is 0.294. The van der Waals surface area contributed by atoms with Gasteiger partial charge in [0.05, 0.1) is 18.3 Å². The first-order valence-electron chi connectivity index (χ1n) is 7.57. The molecule has 0 saturated heterocycles. The van der Waals surface area contributed by atoms with E-state index in [4.69, 9.17) is 23.2 Å². The number of aromatic nitrogens is 2. The molecule has 0 radical (unpaired) electrons. The summed E-state index contributed by atoms with van der Waals surface area (Å²) < 4.78 is 1.64. The molecule has 1 aliphatic rings. The van der Waals surface area contributed by atoms with Gasteiger partial charge in [-0.25, -0.2) is 4.98 Å². The summed E-state index contributed by atoms with van der Waals surface area (Å²) in [5, 5.41) is 1.96. The van der Waals surface area contributed by atoms with Crippen LogP contribution in [0.15, 0.2) is 29.3 Å². The molecule has 0 atom stereocenters. The molecule has 1 aromatic carbocycles. The first-order chi connectivity index (χ1) is 11.1. The van der Waals surface area contributed by atoms with Crippen LogP contribution in [0.25, 0.3) is 10.2 Å². The fourth-order valence-electron chi connectivity index (χ4n) is 3.13. The zero-order chi connectivity index (χ0) is 16.0. The normalized spacial score (nSPS) is 14.2. The van der Waals surface area contributed by atoms with Gasteiger partial charge in [0.2, 0.25) is 0 Å². The number of fused-ring (bicyclic) bond motifs is 3. The monoisotopic (exact) mass is 364 g/mol. The smallest absolute Gasteiger partial charge is 0.262 e. The Bertz CT molecular complexity index is 961. The van der Waals surface area contributed by atoms with Crippen molar-refractivity contribution >= 4 is 44.8 Å². The summed E-state index contributed by atoms with van der Waals surface area (Å²) in [5.41, 5.74) is 2.11. The molecule has 3 nitrogen and oxygen atoms in total. The maximum absolute atomic E-state index is 12.9. The molecule has 0 bridgehead atoms. The molecule has 0 unspecified atom stereocenters. The molecule has 118 valence electrons. The number of hydrogen-bond acceptors (Lipinski definition) is 3. The molecule has 4 rings (SSSR count). The highest BCUT2D eigenvalue weighted by atomic mass is 35.5. The molecule has 0 saturated carbocycles. The van der Waals surface area contributed by atoms with E-state index >= 15 is 0 Å². The molecule has 3 aromatic rings. The molecular formula is C17H14Cl2N2OS. The van der Waals surface area contributed by atoms with Crippen LogP contribution < -0.4 is 5.56 Å². The standard InChI is InChI=1S/C17H14Cl2N2OS/c18-11-6-5-10(13(19)7-11)8-21-9-20-16-15(17(21)22)12-3-1-2-4-14(12)23-16/h5-7,9H,1-4,8H2. The lowest BCUT2D eigenvalue weighted by molar-refractivity contribution is 0.697. The van der Waals surface area contributed by atoms with Crippen LogP contribution in [0.3, 0.4) is 0 Å². The summed E-state index contributed by atoms with van der Waals surface area (Å²) in [6.45, 7) is 0.405. The van der Waals surface area contributed by atoms with Crippen LogP contribution in [0.5, 0.6) is 0 Å². The quantitative estimate of drug-likeness (QED) is 0.660. The largest absolute Gasteiger partial charge is 0.294 e. The van der Waals surface area contributed by atoms with Gasteiger partial charge in [-0.15, -0.1) is 11.3 Å². The van der Waals surface area contributed by atoms with Crippen molar-refractivity contribution in [2.75, 3.05) is 0 Å². The van der Waals surface area contributed by atoms with E-state index in [9.17, 15) is 4.79 Å². The highest BCUT2D eigenvalue weighted by Crippen LogP contribution is 2.33. The zero-order valence-corrected chi connectivity index (χ0v) is 14.6. The Labute approximate surface area is 147 Å². The van der Waals surface area contributed by atoms with Crippen molar-refractivity contribution < 1.29 is 0 Å². The molecule has 2 heterocycles. The molecule has 0 aliphatic heterocycles. The molecule has 0 fully saturated rings. The van der Waals surface area contributed by atoms with Gasteiger partial charge in [-0.2, -0.15) is 0 Å². The fourth-order valence-corrected chi connectivity index (χ4v) is 4.81. The lowest BCUT2D eigenvalue weighted by Crippen LogP contribution is -2.21. The molecule has 1 aliphatic carbocycles. The number of aryl methyl sites for hydroxylation is 2. The summed E-state index contributed by atoms with van der Waals surface area (Å²) in [7, 11) is 0. The topological polar surface area (TPSA) is 34.9 Å². The van der Waals surface area contributed by atoms with E-state index in [1.807, 2.05) is 6.07 Å². The summed E-state index contributed by atoms with van der Waals surface area (Å²) >= 11 is 13.8. The lowest BCUT2D eigenvalue weighted by atomic mass is 9.97. The van der Waals surface area contributed by atoms with Gasteiger partial charge in [-0.05, 0) is 48.9 Å². The molecule has 2 aromatic heterocycles. The van der Waals surface area contributed by atoms with E-state index in [1.165, 1.54) is 16.9 Å². The second-order valence-corrected chi connectivity index (χ2v) is 7.73. The van der Waals surface area contributed by atoms with Gasteiger partial charge < -0.3 is 0 Å². The molecule has 6 heteroatoms. The van der Waals surface area contributed by atoms with Gasteiger partial charge in [-0.1, -0.05) is 29.3 Å². The van der Waals surface area contributed by atoms with Crippen molar-refractivity contribution in [3.8, 4) is 0 Å². The number of halogens is 2. The first-order valence-corrected chi connectivity index (χ1v) is 9.14. The minimum atomic E-state index is 0.0282. The highest BCUT2D eigenvalue weighted by Gasteiger charge is 2.20. The minimum Gasteiger partial charge on any atom is -0.294 e. The Kier molecular flexibility index (Phi) is 3.92. The second kappa shape index (κ2) is 5.93. The van der Waals surface area contributed by atoms with Crippen molar-refractivity contribution in [2.45, 2.75) is 32.2 Å². The predicted octanol–water partition coefficient (Wildman–Crippen LogP) is 4.69. The van der Waals surface area contributed by atoms with Crippen LogP contribution >= 0.6 is 34.5 Å². The van der Waals surface area contributed by atoms with E-state index in [0.29, 0.717) is 16.6 Å². The predicted molar refractivity (Wildman–Crippen MR) is 96.1 cm³/mol. The van der Waals surface area contributed by atoms with Crippen molar-refractivity contribution in [1.82, 2.24) is 9.55 Å². The highest BCUT2D eigenvalue weighted by molar-refractivity contribution is 7.18. The van der Waals surface area contributed by atoms with E-state index in [-0.39, 0.29) is 5.56 Å². The van der Waals surface area contributed by atoms with Crippen molar-refractivity contribution in [2.24, 2.45) is 0 Å². The Morgan fingerprint density at radius 1 is 1.22 bits per heavy atom. The van der Waals surface area contributed by atoms with Crippen LogP contribution in [0.4, 0.5) is 0 Å². The van der Waals surface area contributed by atoms with Crippen LogP contribution in [-0.2, 0) is 19.4 Å². The van der Waals surface area contributed by atoms with E-state index in [1.54, 1.807) is 34.4 Å². The second-order valence-electron chi connectivity index (χ2n) is 5.80. The first kappa shape index (κ1) is 15.2. The molecule has 23 heavy (non-hydrogen) atoms. The molecular weight excluding hydrogens is 351 g/mol. The zero-order valence-electron chi connectivity index (χ0n) is 12.3. The minimum absolute atomic E-state index is 0.0282. The summed E-state index contributed by atoms with van der Waals surface area (Å²) in [6.07, 6.45) is 6.03. The Morgan fingerprint density at radius 2 is 2.04 bits per heavy atom. The van der Waals surface area contributed by atoms with Gasteiger partial charge >= 0.3 is 0 Å². The number of hydrogen-bond donors (Lipinski definition) is 0. The average molecular weight is 365 g/mol.